The Morgan fingerprint density at radius 2 is 1.94 bits per heavy atom. The molecule has 0 radical (unpaired) electrons. The Labute approximate surface area is 199 Å². The Hall–Kier alpha value is -3.01. The molecule has 6 nitrogen and oxygen atoms in total. The van der Waals surface area contributed by atoms with E-state index >= 15 is 4.39 Å². The van der Waals surface area contributed by atoms with Crippen LogP contribution in [-0.2, 0) is 5.92 Å². The minimum Gasteiger partial charge on any atom is -0.384 e. The van der Waals surface area contributed by atoms with Crippen molar-refractivity contribution in [2.24, 2.45) is 5.92 Å². The summed E-state index contributed by atoms with van der Waals surface area (Å²) in [5, 5.41) is 13.4. The maximum atomic E-state index is 15.2. The molecule has 0 spiro atoms. The van der Waals surface area contributed by atoms with Crippen molar-refractivity contribution >= 4 is 16.7 Å². The molecule has 0 aliphatic heterocycles. The number of aromatic nitrogens is 3. The number of benzene rings is 1. The number of aliphatic hydroxyl groups is 1. The summed E-state index contributed by atoms with van der Waals surface area (Å²) in [6.45, 7) is 3.44. The van der Waals surface area contributed by atoms with Gasteiger partial charge in [0.05, 0.1) is 22.5 Å². The van der Waals surface area contributed by atoms with E-state index in [-0.39, 0.29) is 35.3 Å². The zero-order valence-corrected chi connectivity index (χ0v) is 19.5. The van der Waals surface area contributed by atoms with E-state index in [0.717, 1.165) is 19.9 Å². The summed E-state index contributed by atoms with van der Waals surface area (Å²) < 4.78 is 60.6. The topological polar surface area (TPSA) is 80.0 Å². The zero-order chi connectivity index (χ0) is 25.3. The number of alkyl halides is 3. The van der Waals surface area contributed by atoms with E-state index in [0.29, 0.717) is 23.7 Å². The quantitative estimate of drug-likeness (QED) is 0.474. The standard InChI is InChI=1S/C25H26F4N4O2/c1-13(15-5-4-6-17(21(15)26)25(28,29)23(2,3)35)32-22-16-11-33(19-10-24(27)8-14(19)9-24)20(34)7-18(16)30-12-31-22/h4-7,11-14,19,35H,8-10H2,1-3H3,(H,30,31,32)/t13-,14?,19+,24?/m1/s1. The predicted molar refractivity (Wildman–Crippen MR) is 123 cm³/mol. The minimum absolute atomic E-state index is 0.0394. The molecule has 10 heteroatoms. The predicted octanol–water partition coefficient (Wildman–Crippen LogP) is 5.03. The van der Waals surface area contributed by atoms with Crippen molar-refractivity contribution in [2.75, 3.05) is 5.32 Å². The Kier molecular flexibility index (Phi) is 5.25. The lowest BCUT2D eigenvalue weighted by Gasteiger charge is -2.30. The Balaban J connectivity index is 1.50. The van der Waals surface area contributed by atoms with Crippen molar-refractivity contribution in [2.45, 2.75) is 69.3 Å². The van der Waals surface area contributed by atoms with E-state index in [1.165, 1.54) is 29.1 Å². The van der Waals surface area contributed by atoms with E-state index in [2.05, 4.69) is 15.3 Å². The monoisotopic (exact) mass is 490 g/mol. The molecule has 3 aliphatic rings. The highest BCUT2D eigenvalue weighted by atomic mass is 19.3. The molecule has 0 unspecified atom stereocenters. The second-order valence-electron chi connectivity index (χ2n) is 10.3. The van der Waals surface area contributed by atoms with Gasteiger partial charge in [-0.1, -0.05) is 12.1 Å². The van der Waals surface area contributed by atoms with Crippen LogP contribution in [0, 0.1) is 11.7 Å². The van der Waals surface area contributed by atoms with Crippen molar-refractivity contribution in [3.8, 4) is 0 Å². The molecule has 2 heterocycles. The zero-order valence-electron chi connectivity index (χ0n) is 19.5. The largest absolute Gasteiger partial charge is 0.384 e. The molecule has 3 aromatic rings. The fourth-order valence-corrected chi connectivity index (χ4v) is 5.34. The first-order valence-corrected chi connectivity index (χ1v) is 11.5. The van der Waals surface area contributed by atoms with Crippen molar-refractivity contribution < 1.29 is 22.7 Å². The van der Waals surface area contributed by atoms with Gasteiger partial charge >= 0.3 is 5.92 Å². The van der Waals surface area contributed by atoms with Gasteiger partial charge in [-0.25, -0.2) is 18.7 Å². The summed E-state index contributed by atoms with van der Waals surface area (Å²) in [6.07, 6.45) is 4.01. The summed E-state index contributed by atoms with van der Waals surface area (Å²) in [7, 11) is 0. The number of anilines is 1. The SMILES string of the molecule is C[C@@H](Nc1ncnc2cc(=O)n([C@H]3CC4(F)CC3C4)cc12)c1cccc(C(F)(F)C(C)(C)O)c1F. The van der Waals surface area contributed by atoms with Gasteiger partial charge in [-0.15, -0.1) is 0 Å². The third-order valence-corrected chi connectivity index (χ3v) is 7.39. The summed E-state index contributed by atoms with van der Waals surface area (Å²) >= 11 is 0. The van der Waals surface area contributed by atoms with E-state index in [1.807, 2.05) is 0 Å². The molecule has 35 heavy (non-hydrogen) atoms. The third kappa shape index (κ3) is 3.78. The second-order valence-corrected chi connectivity index (χ2v) is 10.3. The number of nitrogens with one attached hydrogen (secondary N) is 1. The molecule has 2 atom stereocenters. The van der Waals surface area contributed by atoms with Crippen LogP contribution in [0.3, 0.4) is 0 Å². The number of pyridine rings is 1. The smallest absolute Gasteiger partial charge is 0.303 e. The first-order chi connectivity index (χ1) is 16.3. The lowest BCUT2D eigenvalue weighted by atomic mass is 9.81. The number of nitrogens with zero attached hydrogens (tertiary/aromatic N) is 3. The van der Waals surface area contributed by atoms with Gasteiger partial charge in [0.15, 0.2) is 0 Å². The van der Waals surface area contributed by atoms with Crippen molar-refractivity contribution in [3.63, 3.8) is 0 Å². The molecular weight excluding hydrogens is 464 g/mol. The highest BCUT2D eigenvalue weighted by Crippen LogP contribution is 2.59. The average Bonchev–Trinajstić information content (AvgIpc) is 3.25. The molecule has 2 aromatic heterocycles. The van der Waals surface area contributed by atoms with Crippen LogP contribution in [0.2, 0.25) is 0 Å². The molecular formula is C25H26F4N4O2. The molecule has 3 aliphatic carbocycles. The maximum absolute atomic E-state index is 15.2. The molecule has 186 valence electrons. The van der Waals surface area contributed by atoms with Crippen LogP contribution in [0.4, 0.5) is 23.4 Å². The lowest BCUT2D eigenvalue weighted by Crippen LogP contribution is -2.41. The highest BCUT2D eigenvalue weighted by Gasteiger charge is 2.57. The first-order valence-electron chi connectivity index (χ1n) is 11.5. The summed E-state index contributed by atoms with van der Waals surface area (Å²) in [5.41, 5.74) is -4.54. The number of hydrogen-bond acceptors (Lipinski definition) is 5. The van der Waals surface area contributed by atoms with Gasteiger partial charge in [-0.3, -0.25) is 4.79 Å². The molecule has 2 bridgehead atoms. The first kappa shape index (κ1) is 23.7. The fraction of sp³-hybridized carbons (Fsp3) is 0.480. The van der Waals surface area contributed by atoms with Crippen molar-refractivity contribution in [3.05, 3.63) is 64.1 Å². The fourth-order valence-electron chi connectivity index (χ4n) is 5.34. The van der Waals surface area contributed by atoms with Gasteiger partial charge in [0.2, 0.25) is 0 Å². The average molecular weight is 491 g/mol. The van der Waals surface area contributed by atoms with Gasteiger partial charge < -0.3 is 15.0 Å². The Morgan fingerprint density at radius 3 is 2.57 bits per heavy atom. The van der Waals surface area contributed by atoms with E-state index in [1.54, 1.807) is 13.1 Å². The van der Waals surface area contributed by atoms with Gasteiger partial charge in [0, 0.05) is 30.3 Å². The van der Waals surface area contributed by atoms with Crippen LogP contribution in [0.15, 0.2) is 41.6 Å². The molecule has 3 fully saturated rings. The number of fused-ring (bicyclic) bond motifs is 2. The van der Waals surface area contributed by atoms with Crippen LogP contribution < -0.4 is 10.9 Å². The highest BCUT2D eigenvalue weighted by molar-refractivity contribution is 5.88. The van der Waals surface area contributed by atoms with Crippen molar-refractivity contribution in [1.82, 2.24) is 14.5 Å². The van der Waals surface area contributed by atoms with Crippen LogP contribution in [0.5, 0.6) is 0 Å². The third-order valence-electron chi connectivity index (χ3n) is 7.39. The number of halogens is 4. The Bertz CT molecular complexity index is 1360. The van der Waals surface area contributed by atoms with Crippen LogP contribution in [0.1, 0.15) is 63.2 Å². The van der Waals surface area contributed by atoms with Crippen LogP contribution in [-0.4, -0.2) is 30.9 Å². The van der Waals surface area contributed by atoms with E-state index in [4.69, 9.17) is 0 Å². The van der Waals surface area contributed by atoms with Crippen LogP contribution >= 0.6 is 0 Å². The molecule has 0 saturated heterocycles. The molecule has 2 N–H and O–H groups in total. The van der Waals surface area contributed by atoms with Crippen LogP contribution in [0.25, 0.3) is 10.9 Å². The van der Waals surface area contributed by atoms with Gasteiger partial charge in [-0.2, -0.15) is 8.78 Å². The molecule has 1 aromatic carbocycles. The minimum atomic E-state index is -3.82. The number of rotatable bonds is 6. The summed E-state index contributed by atoms with van der Waals surface area (Å²) in [6, 6.07) is 3.95. The number of hydrogen-bond donors (Lipinski definition) is 2. The van der Waals surface area contributed by atoms with E-state index < -0.39 is 34.6 Å². The summed E-state index contributed by atoms with van der Waals surface area (Å²) in [4.78, 5) is 21.1. The summed E-state index contributed by atoms with van der Waals surface area (Å²) in [5.74, 6) is -4.56. The normalized spacial score (nSPS) is 24.9. The molecule has 0 amide bonds. The second kappa shape index (κ2) is 7.74. The van der Waals surface area contributed by atoms with Gasteiger partial charge in [0.25, 0.3) is 5.56 Å². The van der Waals surface area contributed by atoms with E-state index in [9.17, 15) is 23.1 Å². The maximum Gasteiger partial charge on any atom is 0.303 e. The van der Waals surface area contributed by atoms with Crippen molar-refractivity contribution in [1.29, 1.82) is 0 Å². The van der Waals surface area contributed by atoms with Gasteiger partial charge in [-0.05, 0) is 45.6 Å². The molecule has 6 rings (SSSR count). The molecule has 3 saturated carbocycles. The lowest BCUT2D eigenvalue weighted by molar-refractivity contribution is -0.170. The van der Waals surface area contributed by atoms with Gasteiger partial charge in [0.1, 0.15) is 29.2 Å². The Morgan fingerprint density at radius 1 is 1.23 bits per heavy atom.